The number of carbonyl (C=O) groups excluding carboxylic acids is 2. The predicted molar refractivity (Wildman–Crippen MR) is 140 cm³/mol. The molecule has 2 N–H and O–H groups in total. The Labute approximate surface area is 205 Å². The van der Waals surface area contributed by atoms with Gasteiger partial charge in [0.2, 0.25) is 0 Å². The van der Waals surface area contributed by atoms with E-state index >= 15 is 0 Å². The lowest BCUT2D eigenvalue weighted by molar-refractivity contribution is 0.0952. The molecule has 0 aromatic heterocycles. The number of nitrogens with one attached hydrogen (secondary N) is 2. The monoisotopic (exact) mass is 461 g/mol. The second kappa shape index (κ2) is 10.3. The number of rotatable bonds is 7. The summed E-state index contributed by atoms with van der Waals surface area (Å²) in [6.45, 7) is 2.24. The highest BCUT2D eigenvalue weighted by Crippen LogP contribution is 2.28. The summed E-state index contributed by atoms with van der Waals surface area (Å²) in [6, 6.07) is 33.0. The number of carbonyl (C=O) groups is 2. The zero-order chi connectivity index (χ0) is 24.0. The number of hydrogen-bond acceptors (Lipinski definition) is 3. The van der Waals surface area contributed by atoms with Crippen LogP contribution in [0.25, 0.3) is 0 Å². The number of amides is 2. The van der Waals surface area contributed by atoms with Crippen LogP contribution in [0.4, 0.5) is 11.4 Å². The van der Waals surface area contributed by atoms with Crippen LogP contribution in [-0.2, 0) is 19.5 Å². The van der Waals surface area contributed by atoms with Crippen molar-refractivity contribution in [2.75, 3.05) is 16.8 Å². The van der Waals surface area contributed by atoms with Gasteiger partial charge in [0.05, 0.1) is 11.3 Å². The lowest BCUT2D eigenvalue weighted by atomic mass is 10.1. The fourth-order valence-corrected chi connectivity index (χ4v) is 4.41. The second-order valence-corrected chi connectivity index (χ2v) is 8.67. The van der Waals surface area contributed by atoms with Crippen molar-refractivity contribution < 1.29 is 9.59 Å². The van der Waals surface area contributed by atoms with Gasteiger partial charge in [-0.1, -0.05) is 72.8 Å². The van der Waals surface area contributed by atoms with Gasteiger partial charge in [-0.3, -0.25) is 9.59 Å². The van der Waals surface area contributed by atoms with Crippen molar-refractivity contribution >= 4 is 23.2 Å². The first-order chi connectivity index (χ1) is 17.2. The zero-order valence-electron chi connectivity index (χ0n) is 19.4. The van der Waals surface area contributed by atoms with E-state index in [1.54, 1.807) is 24.3 Å². The van der Waals surface area contributed by atoms with E-state index in [0.29, 0.717) is 23.4 Å². The average molecular weight is 462 g/mol. The highest BCUT2D eigenvalue weighted by Gasteiger charge is 2.19. The number of para-hydroxylation sites is 2. The van der Waals surface area contributed by atoms with Gasteiger partial charge in [0.1, 0.15) is 0 Å². The van der Waals surface area contributed by atoms with Gasteiger partial charge in [-0.2, -0.15) is 0 Å². The Kier molecular flexibility index (Phi) is 6.57. The molecule has 0 saturated heterocycles. The SMILES string of the molecule is O=C(Nc1ccccc1C(=O)NCc1ccccc1)c1ccc(CN2CCc3ccccc32)cc1. The Bertz CT molecular complexity index is 1330. The Hall–Kier alpha value is -4.38. The summed E-state index contributed by atoms with van der Waals surface area (Å²) in [5.74, 6) is -0.475. The van der Waals surface area contributed by atoms with Gasteiger partial charge < -0.3 is 15.5 Å². The maximum Gasteiger partial charge on any atom is 0.255 e. The van der Waals surface area contributed by atoms with Gasteiger partial charge in [-0.05, 0) is 53.4 Å². The van der Waals surface area contributed by atoms with Crippen LogP contribution in [-0.4, -0.2) is 18.4 Å². The molecule has 0 spiro atoms. The van der Waals surface area contributed by atoms with Crippen LogP contribution in [0.1, 0.15) is 37.4 Å². The van der Waals surface area contributed by atoms with E-state index in [4.69, 9.17) is 0 Å². The Morgan fingerprint density at radius 2 is 1.43 bits per heavy atom. The molecule has 2 amide bonds. The molecule has 0 bridgehead atoms. The Balaban J connectivity index is 1.23. The van der Waals surface area contributed by atoms with Gasteiger partial charge in [0, 0.05) is 30.9 Å². The molecule has 0 aliphatic carbocycles. The van der Waals surface area contributed by atoms with E-state index in [-0.39, 0.29) is 11.8 Å². The average Bonchev–Trinajstić information content (AvgIpc) is 3.31. The summed E-state index contributed by atoms with van der Waals surface area (Å²) < 4.78 is 0. The first-order valence-electron chi connectivity index (χ1n) is 11.8. The third-order valence-corrected chi connectivity index (χ3v) is 6.29. The van der Waals surface area contributed by atoms with Crippen molar-refractivity contribution in [1.29, 1.82) is 0 Å². The molecule has 4 aromatic carbocycles. The minimum Gasteiger partial charge on any atom is -0.367 e. The van der Waals surface area contributed by atoms with Crippen molar-refractivity contribution in [3.63, 3.8) is 0 Å². The third-order valence-electron chi connectivity index (χ3n) is 6.29. The van der Waals surface area contributed by atoms with Crippen LogP contribution in [0.3, 0.4) is 0 Å². The van der Waals surface area contributed by atoms with Crippen LogP contribution >= 0.6 is 0 Å². The second-order valence-electron chi connectivity index (χ2n) is 8.67. The summed E-state index contributed by atoms with van der Waals surface area (Å²) in [7, 11) is 0. The molecule has 5 rings (SSSR count). The number of nitrogens with zero attached hydrogens (tertiary/aromatic N) is 1. The molecule has 0 saturated carbocycles. The van der Waals surface area contributed by atoms with Crippen LogP contribution in [0.2, 0.25) is 0 Å². The smallest absolute Gasteiger partial charge is 0.255 e. The van der Waals surface area contributed by atoms with Gasteiger partial charge in [-0.25, -0.2) is 0 Å². The number of hydrogen-bond donors (Lipinski definition) is 2. The van der Waals surface area contributed by atoms with Crippen molar-refractivity contribution in [3.05, 3.63) is 131 Å². The van der Waals surface area contributed by atoms with Gasteiger partial charge in [0.25, 0.3) is 11.8 Å². The van der Waals surface area contributed by atoms with Gasteiger partial charge >= 0.3 is 0 Å². The molecule has 174 valence electrons. The molecule has 1 heterocycles. The largest absolute Gasteiger partial charge is 0.367 e. The molecule has 5 heteroatoms. The van der Waals surface area contributed by atoms with E-state index in [1.807, 2.05) is 54.6 Å². The van der Waals surface area contributed by atoms with Crippen LogP contribution in [0, 0.1) is 0 Å². The standard InChI is InChI=1S/C30H27N3O2/c34-29(25-16-14-23(15-17-25)21-33-19-18-24-10-4-7-13-28(24)33)32-27-12-6-5-11-26(27)30(35)31-20-22-8-2-1-3-9-22/h1-17H,18-21H2,(H,31,35)(H,32,34). The summed E-state index contributed by atoms with van der Waals surface area (Å²) >= 11 is 0. The molecule has 0 atom stereocenters. The molecular weight excluding hydrogens is 434 g/mol. The number of fused-ring (bicyclic) bond motifs is 1. The highest BCUT2D eigenvalue weighted by molar-refractivity contribution is 6.09. The predicted octanol–water partition coefficient (Wildman–Crippen LogP) is 5.43. The quantitative estimate of drug-likeness (QED) is 0.386. The fourth-order valence-electron chi connectivity index (χ4n) is 4.41. The van der Waals surface area contributed by atoms with Crippen LogP contribution in [0.5, 0.6) is 0 Å². The maximum atomic E-state index is 12.9. The molecule has 1 aliphatic rings. The van der Waals surface area contributed by atoms with Gasteiger partial charge in [-0.15, -0.1) is 0 Å². The van der Waals surface area contributed by atoms with Crippen molar-refractivity contribution in [2.45, 2.75) is 19.5 Å². The minimum atomic E-state index is -0.244. The van der Waals surface area contributed by atoms with E-state index in [9.17, 15) is 9.59 Å². The van der Waals surface area contributed by atoms with Crippen LogP contribution < -0.4 is 15.5 Å². The topological polar surface area (TPSA) is 61.4 Å². The maximum absolute atomic E-state index is 12.9. The Morgan fingerprint density at radius 3 is 2.26 bits per heavy atom. The molecule has 0 unspecified atom stereocenters. The normalized spacial score (nSPS) is 12.2. The molecule has 0 radical (unpaired) electrons. The molecule has 0 fully saturated rings. The zero-order valence-corrected chi connectivity index (χ0v) is 19.4. The van der Waals surface area contributed by atoms with E-state index < -0.39 is 0 Å². The van der Waals surface area contributed by atoms with Crippen molar-refractivity contribution in [3.8, 4) is 0 Å². The van der Waals surface area contributed by atoms with E-state index in [2.05, 4.69) is 39.8 Å². The lowest BCUT2D eigenvalue weighted by Gasteiger charge is -2.19. The molecule has 35 heavy (non-hydrogen) atoms. The molecular formula is C30H27N3O2. The van der Waals surface area contributed by atoms with Crippen molar-refractivity contribution in [1.82, 2.24) is 5.32 Å². The molecule has 4 aromatic rings. The Morgan fingerprint density at radius 1 is 0.714 bits per heavy atom. The van der Waals surface area contributed by atoms with Gasteiger partial charge in [0.15, 0.2) is 0 Å². The van der Waals surface area contributed by atoms with Crippen LogP contribution in [0.15, 0.2) is 103 Å². The summed E-state index contributed by atoms with van der Waals surface area (Å²) in [6.07, 6.45) is 1.06. The van der Waals surface area contributed by atoms with E-state index in [1.165, 1.54) is 11.3 Å². The van der Waals surface area contributed by atoms with E-state index in [0.717, 1.165) is 30.6 Å². The minimum absolute atomic E-state index is 0.231. The molecule has 1 aliphatic heterocycles. The highest BCUT2D eigenvalue weighted by atomic mass is 16.2. The summed E-state index contributed by atoms with van der Waals surface area (Å²) in [4.78, 5) is 28.1. The summed E-state index contributed by atoms with van der Waals surface area (Å²) in [5.41, 5.74) is 6.31. The summed E-state index contributed by atoms with van der Waals surface area (Å²) in [5, 5.41) is 5.82. The fraction of sp³-hybridized carbons (Fsp3) is 0.133. The first-order valence-corrected chi connectivity index (χ1v) is 11.8. The number of anilines is 2. The van der Waals surface area contributed by atoms with Crippen molar-refractivity contribution in [2.24, 2.45) is 0 Å². The first kappa shape index (κ1) is 22.4. The third kappa shape index (κ3) is 5.25. The lowest BCUT2D eigenvalue weighted by Crippen LogP contribution is -2.25. The molecule has 5 nitrogen and oxygen atoms in total. The number of benzene rings is 4.